The molecule has 67 heavy (non-hydrogen) atoms. The fraction of sp³-hybridized carbons (Fsp3) is 1.00. The number of methoxy groups -OCH3 is 1. The lowest BCUT2D eigenvalue weighted by molar-refractivity contribution is -0.370. The van der Waals surface area contributed by atoms with Crippen LogP contribution in [0, 0.1) is 52.3 Å². The van der Waals surface area contributed by atoms with Gasteiger partial charge in [-0.05, 0) is 80.0 Å². The largest absolute Gasteiger partial charge is 0.394 e. The first-order valence-electron chi connectivity index (χ1n) is 24.4. The summed E-state index contributed by atoms with van der Waals surface area (Å²) in [4.78, 5) is 0. The van der Waals surface area contributed by atoms with Crippen LogP contribution in [0.1, 0.15) is 79.1 Å². The molecule has 0 aromatic heterocycles. The Kier molecular flexibility index (Phi) is 15.8. The van der Waals surface area contributed by atoms with Crippen LogP contribution in [0.25, 0.3) is 0 Å². The van der Waals surface area contributed by atoms with E-state index in [-0.39, 0.29) is 59.6 Å². The van der Waals surface area contributed by atoms with Crippen LogP contribution in [0.5, 0.6) is 0 Å². The van der Waals surface area contributed by atoms with Gasteiger partial charge in [0.15, 0.2) is 24.7 Å². The van der Waals surface area contributed by atoms with Crippen LogP contribution in [0.4, 0.5) is 0 Å². The third-order valence-corrected chi connectivity index (χ3v) is 18.4. The van der Waals surface area contributed by atoms with Crippen molar-refractivity contribution in [2.75, 3.05) is 33.5 Å². The Morgan fingerprint density at radius 1 is 0.642 bits per heavy atom. The number of hydrogen-bond acceptors (Lipinski definition) is 21. The van der Waals surface area contributed by atoms with Gasteiger partial charge in [0.25, 0.3) is 0 Å². The summed E-state index contributed by atoms with van der Waals surface area (Å²) in [6.45, 7) is 6.54. The van der Waals surface area contributed by atoms with E-state index in [2.05, 4.69) is 20.8 Å². The van der Waals surface area contributed by atoms with Crippen LogP contribution in [0.3, 0.4) is 0 Å². The predicted octanol–water partition coefficient (Wildman–Crippen LogP) is -3.18. The van der Waals surface area contributed by atoms with Gasteiger partial charge in [-0.1, -0.05) is 27.7 Å². The smallest absolute Gasteiger partial charge is 0.187 e. The van der Waals surface area contributed by atoms with Gasteiger partial charge in [-0.25, -0.2) is 0 Å². The molecule has 8 rings (SSSR count). The van der Waals surface area contributed by atoms with Crippen LogP contribution < -0.4 is 0 Å². The van der Waals surface area contributed by atoms with Crippen LogP contribution in [0.15, 0.2) is 0 Å². The van der Waals surface area contributed by atoms with Crippen LogP contribution in [0.2, 0.25) is 0 Å². The molecular formula is C46H78O21. The number of fused-ring (bicyclic) bond motifs is 7. The van der Waals surface area contributed by atoms with Crippen LogP contribution in [-0.4, -0.2) is 222 Å². The molecule has 0 spiro atoms. The second kappa shape index (κ2) is 20.2. The van der Waals surface area contributed by atoms with Gasteiger partial charge in [0.1, 0.15) is 73.2 Å². The molecule has 8 aliphatic rings. The average Bonchev–Trinajstić information content (AvgIpc) is 3.77. The molecule has 0 aromatic rings. The van der Waals surface area contributed by atoms with E-state index in [9.17, 15) is 66.4 Å². The molecule has 388 valence electrons. The van der Waals surface area contributed by atoms with E-state index in [0.717, 1.165) is 12.8 Å². The van der Waals surface area contributed by atoms with E-state index >= 15 is 0 Å². The topological polar surface area (TPSA) is 337 Å². The summed E-state index contributed by atoms with van der Waals surface area (Å²) >= 11 is 0. The zero-order valence-electron chi connectivity index (χ0n) is 39.1. The second-order valence-corrected chi connectivity index (χ2v) is 21.9. The summed E-state index contributed by atoms with van der Waals surface area (Å²) in [5, 5.41) is 138. The molecule has 8 fully saturated rings. The number of rotatable bonds is 14. The van der Waals surface area contributed by atoms with Crippen LogP contribution >= 0.6 is 0 Å². The molecule has 0 amide bonds. The van der Waals surface area contributed by atoms with Crippen molar-refractivity contribution in [1.29, 1.82) is 0 Å². The van der Waals surface area contributed by atoms with Crippen molar-refractivity contribution in [2.45, 2.75) is 201 Å². The molecule has 29 atom stereocenters. The summed E-state index contributed by atoms with van der Waals surface area (Å²) < 4.78 is 49.6. The van der Waals surface area contributed by atoms with E-state index in [0.29, 0.717) is 38.5 Å². The predicted molar refractivity (Wildman–Crippen MR) is 227 cm³/mol. The Balaban J connectivity index is 1.05. The Labute approximate surface area is 390 Å². The van der Waals surface area contributed by atoms with Crippen molar-refractivity contribution in [3.63, 3.8) is 0 Å². The number of aliphatic hydroxyl groups is 13. The normalized spacial score (nSPS) is 55.9. The number of aliphatic hydroxyl groups excluding tert-OH is 13. The van der Waals surface area contributed by atoms with E-state index in [1.807, 2.05) is 6.92 Å². The third kappa shape index (κ3) is 8.98. The Hall–Kier alpha value is -0.840. The molecule has 21 heteroatoms. The lowest BCUT2D eigenvalue weighted by Crippen LogP contribution is -2.66. The summed E-state index contributed by atoms with van der Waals surface area (Å²) in [5.74, 6) is -1.17. The van der Waals surface area contributed by atoms with Gasteiger partial charge in [0.2, 0.25) is 0 Å². The molecule has 0 aromatic carbocycles. The van der Waals surface area contributed by atoms with Crippen LogP contribution in [-0.2, 0) is 37.9 Å². The first-order valence-corrected chi connectivity index (χ1v) is 24.4. The van der Waals surface area contributed by atoms with Crippen molar-refractivity contribution in [2.24, 2.45) is 52.3 Å². The van der Waals surface area contributed by atoms with E-state index < -0.39 is 141 Å². The second-order valence-electron chi connectivity index (χ2n) is 21.9. The van der Waals surface area contributed by atoms with E-state index in [4.69, 9.17) is 37.9 Å². The minimum atomic E-state index is -1.84. The molecule has 0 bridgehead atoms. The molecular weight excluding hydrogens is 888 g/mol. The summed E-state index contributed by atoms with van der Waals surface area (Å²) in [6.07, 6.45) is -21.1. The van der Waals surface area contributed by atoms with Crippen molar-refractivity contribution >= 4 is 0 Å². The first-order chi connectivity index (χ1) is 31.7. The quantitative estimate of drug-likeness (QED) is 0.0763. The lowest BCUT2D eigenvalue weighted by Gasteiger charge is -2.63. The fourth-order valence-corrected chi connectivity index (χ4v) is 14.5. The minimum absolute atomic E-state index is 0.0171. The molecule has 4 heterocycles. The summed E-state index contributed by atoms with van der Waals surface area (Å²) in [7, 11) is 1.62. The van der Waals surface area contributed by atoms with Crippen molar-refractivity contribution in [1.82, 2.24) is 0 Å². The standard InChI is InChI=1S/C46H78O21/c1-18(17-61-41-37(57)35(55)32(52)27(14-47)62-41)8-9-46(60-5)19(2)31-26(67-46)11-23-21-7-6-20-10-24(50)25(51)13-44(20,3)22(21)12-30(45(23,31)4)65-43-39(59)40(34(54)29(16-49)64-43)66-42-38(58)36(56)33(53)28(15-48)63-42/h18-43,47-59H,6-17H2,1-5H3/t18-,19-,20+,21+,22-,23-,24+,25-,26-,27+,28+,29+,30?,31-,32+,33+,34-,35-,36-,37+,38+,39+,40-,41+,42-,43-,44-,45+,46+/m0/s1. The third-order valence-electron chi connectivity index (χ3n) is 18.4. The summed E-state index contributed by atoms with van der Waals surface area (Å²) in [6, 6.07) is 0. The van der Waals surface area contributed by atoms with Crippen molar-refractivity contribution in [3.05, 3.63) is 0 Å². The zero-order chi connectivity index (χ0) is 48.7. The molecule has 4 saturated heterocycles. The average molecular weight is 967 g/mol. The van der Waals surface area contributed by atoms with Gasteiger partial charge in [-0.2, -0.15) is 0 Å². The lowest BCUT2D eigenvalue weighted by atomic mass is 9.43. The molecule has 4 aliphatic heterocycles. The maximum Gasteiger partial charge on any atom is 0.187 e. The Bertz CT molecular complexity index is 1650. The highest BCUT2D eigenvalue weighted by Gasteiger charge is 2.72. The van der Waals surface area contributed by atoms with Crippen molar-refractivity contribution < 1.29 is 104 Å². The fourth-order valence-electron chi connectivity index (χ4n) is 14.5. The SMILES string of the molecule is CO[C@]1(CC[C@H](C)CO[C@@H]2O[C@H](CO)[C@@H](O)[C@H](O)[C@H]2O)O[C@H]2C[C@H]3[C@@H]4CC[C@@H]5C[C@@H](O)[C@@H](O)C[C@]5(C)[C@H]4CC(O[C@@H]4O[C@H](CO)[C@H](O)[C@H](O[C@@H]5O[C@H](CO)[C@@H](O)[C@H](O)[C@H]5O)[C@H]4O)[C@]3(C)[C@H]2[C@@H]1C. The molecule has 4 aliphatic carbocycles. The van der Waals surface area contributed by atoms with Crippen molar-refractivity contribution in [3.8, 4) is 0 Å². The summed E-state index contributed by atoms with van der Waals surface area (Å²) in [5.41, 5.74) is -1.02. The van der Waals surface area contributed by atoms with Gasteiger partial charge in [-0.15, -0.1) is 0 Å². The Morgan fingerprint density at radius 2 is 1.22 bits per heavy atom. The highest BCUT2D eigenvalue weighted by atomic mass is 16.7. The number of ether oxygens (including phenoxy) is 8. The number of hydrogen-bond donors (Lipinski definition) is 13. The molecule has 1 unspecified atom stereocenters. The monoisotopic (exact) mass is 967 g/mol. The van der Waals surface area contributed by atoms with Gasteiger partial charge in [0.05, 0.1) is 50.8 Å². The van der Waals surface area contributed by atoms with E-state index in [1.165, 1.54) is 0 Å². The van der Waals surface area contributed by atoms with Gasteiger partial charge in [0, 0.05) is 30.8 Å². The Morgan fingerprint density at radius 3 is 1.84 bits per heavy atom. The maximum absolute atomic E-state index is 12.0. The molecule has 21 nitrogen and oxygen atoms in total. The molecule has 4 saturated carbocycles. The highest BCUT2D eigenvalue weighted by molar-refractivity contribution is 5.18. The van der Waals surface area contributed by atoms with Gasteiger partial charge in [-0.3, -0.25) is 0 Å². The maximum atomic E-state index is 12.0. The van der Waals surface area contributed by atoms with Gasteiger partial charge < -0.3 is 104 Å². The van der Waals surface area contributed by atoms with Gasteiger partial charge >= 0.3 is 0 Å². The minimum Gasteiger partial charge on any atom is -0.394 e. The zero-order valence-corrected chi connectivity index (χ0v) is 39.1. The molecule has 0 radical (unpaired) electrons. The molecule has 13 N–H and O–H groups in total. The first kappa shape index (κ1) is 52.5. The highest BCUT2D eigenvalue weighted by Crippen LogP contribution is 2.72. The van der Waals surface area contributed by atoms with E-state index in [1.54, 1.807) is 7.11 Å².